The molecule has 1 saturated carbocycles. The van der Waals surface area contributed by atoms with Gasteiger partial charge in [0.2, 0.25) is 11.8 Å². The fourth-order valence-electron chi connectivity index (χ4n) is 3.73. The quantitative estimate of drug-likeness (QED) is 0.708. The molecule has 4 heteroatoms. The molecule has 4 nitrogen and oxygen atoms in total. The second-order valence-corrected chi connectivity index (χ2v) is 5.82. The maximum absolute atomic E-state index is 12.6. The molecule has 1 aliphatic carbocycles. The van der Waals surface area contributed by atoms with Crippen LogP contribution in [0.3, 0.4) is 0 Å². The number of nitrogens with zero attached hydrogens (tertiary/aromatic N) is 2. The fourth-order valence-corrected chi connectivity index (χ4v) is 3.73. The van der Waals surface area contributed by atoms with Gasteiger partial charge in [0.25, 0.3) is 0 Å². The van der Waals surface area contributed by atoms with E-state index in [9.17, 15) is 9.59 Å². The predicted octanol–water partition coefficient (Wildman–Crippen LogP) is 1.54. The summed E-state index contributed by atoms with van der Waals surface area (Å²) in [6, 6.07) is 0.265. The molecule has 0 radical (unpaired) electrons. The highest BCUT2D eigenvalue weighted by atomic mass is 16.2. The molecule has 3 aliphatic rings. The highest BCUT2D eigenvalue weighted by molar-refractivity contribution is 5.90. The van der Waals surface area contributed by atoms with E-state index in [2.05, 4.69) is 0 Å². The van der Waals surface area contributed by atoms with Crippen molar-refractivity contribution < 1.29 is 9.59 Å². The van der Waals surface area contributed by atoms with Crippen LogP contribution in [0.5, 0.6) is 0 Å². The number of hydrogen-bond acceptors (Lipinski definition) is 2. The molecule has 2 saturated heterocycles. The van der Waals surface area contributed by atoms with Gasteiger partial charge in [-0.1, -0.05) is 12.8 Å². The van der Waals surface area contributed by atoms with E-state index in [4.69, 9.17) is 0 Å². The van der Waals surface area contributed by atoms with Gasteiger partial charge < -0.3 is 9.80 Å². The Labute approximate surface area is 108 Å². The lowest BCUT2D eigenvalue weighted by molar-refractivity contribution is -0.144. The molecule has 1 unspecified atom stereocenters. The van der Waals surface area contributed by atoms with Crippen molar-refractivity contribution in [2.45, 2.75) is 63.5 Å². The molecule has 3 fully saturated rings. The van der Waals surface area contributed by atoms with E-state index in [1.165, 1.54) is 12.8 Å². The number of amides is 2. The van der Waals surface area contributed by atoms with Crippen LogP contribution in [0, 0.1) is 0 Å². The molecule has 0 aromatic rings. The zero-order chi connectivity index (χ0) is 12.5. The minimum absolute atomic E-state index is 0.144. The Kier molecular flexibility index (Phi) is 3.27. The number of rotatable bonds is 1. The van der Waals surface area contributed by atoms with Crippen LogP contribution in [0.4, 0.5) is 0 Å². The average Bonchev–Trinajstić information content (AvgIpc) is 2.88. The number of fused-ring (bicyclic) bond motifs is 1. The van der Waals surface area contributed by atoms with E-state index in [1.807, 2.05) is 9.80 Å². The lowest BCUT2D eigenvalue weighted by atomic mass is 10.0. The van der Waals surface area contributed by atoms with Gasteiger partial charge in [0.05, 0.1) is 0 Å². The van der Waals surface area contributed by atoms with Crippen LogP contribution in [0.1, 0.15) is 51.4 Å². The van der Waals surface area contributed by atoms with Crippen LogP contribution in [-0.4, -0.2) is 46.8 Å². The Hall–Kier alpha value is -1.06. The molecule has 0 aromatic carbocycles. The SMILES string of the molecule is O=C1C2CCCCN2C(=O)CCN1C1CCCC1. The first-order chi connectivity index (χ1) is 8.77. The first-order valence-corrected chi connectivity index (χ1v) is 7.37. The Morgan fingerprint density at radius 2 is 1.56 bits per heavy atom. The third-order valence-electron chi connectivity index (χ3n) is 4.72. The molecule has 0 bridgehead atoms. The molecule has 0 aromatic heterocycles. The summed E-state index contributed by atoms with van der Waals surface area (Å²) < 4.78 is 0. The monoisotopic (exact) mass is 250 g/mol. The zero-order valence-electron chi connectivity index (χ0n) is 10.9. The number of carbonyl (C=O) groups excluding carboxylic acids is 2. The van der Waals surface area contributed by atoms with Crippen molar-refractivity contribution >= 4 is 11.8 Å². The van der Waals surface area contributed by atoms with Gasteiger partial charge in [0.1, 0.15) is 6.04 Å². The third-order valence-corrected chi connectivity index (χ3v) is 4.72. The Morgan fingerprint density at radius 3 is 2.33 bits per heavy atom. The van der Waals surface area contributed by atoms with Gasteiger partial charge in [-0.05, 0) is 32.1 Å². The van der Waals surface area contributed by atoms with Crippen LogP contribution in [0.25, 0.3) is 0 Å². The first-order valence-electron chi connectivity index (χ1n) is 7.37. The standard InChI is InChI=1S/C14H22N2O2/c17-13-8-10-15(11-5-1-2-6-11)14(18)12-7-3-4-9-16(12)13/h11-12H,1-10H2. The van der Waals surface area contributed by atoms with Crippen molar-refractivity contribution in [1.82, 2.24) is 9.80 Å². The molecule has 0 spiro atoms. The van der Waals surface area contributed by atoms with Crippen molar-refractivity contribution in [2.75, 3.05) is 13.1 Å². The van der Waals surface area contributed by atoms with E-state index >= 15 is 0 Å². The second kappa shape index (κ2) is 4.90. The highest BCUT2D eigenvalue weighted by Gasteiger charge is 2.40. The molecule has 0 N–H and O–H groups in total. The van der Waals surface area contributed by atoms with E-state index in [1.54, 1.807) is 0 Å². The summed E-state index contributed by atoms with van der Waals surface area (Å²) in [7, 11) is 0. The molecule has 18 heavy (non-hydrogen) atoms. The minimum atomic E-state index is -0.144. The van der Waals surface area contributed by atoms with Gasteiger partial charge in [0.15, 0.2) is 0 Å². The first kappa shape index (κ1) is 12.0. The van der Waals surface area contributed by atoms with Crippen molar-refractivity contribution in [3.8, 4) is 0 Å². The van der Waals surface area contributed by atoms with E-state index in [0.717, 1.165) is 38.6 Å². The lowest BCUT2D eigenvalue weighted by Crippen LogP contribution is -2.51. The molecular weight excluding hydrogens is 228 g/mol. The van der Waals surface area contributed by atoms with Crippen molar-refractivity contribution in [3.63, 3.8) is 0 Å². The van der Waals surface area contributed by atoms with Crippen molar-refractivity contribution in [2.24, 2.45) is 0 Å². The van der Waals surface area contributed by atoms with Gasteiger partial charge in [-0.2, -0.15) is 0 Å². The third kappa shape index (κ3) is 2.02. The maximum atomic E-state index is 12.6. The molecule has 2 heterocycles. The normalized spacial score (nSPS) is 30.6. The van der Waals surface area contributed by atoms with Gasteiger partial charge in [-0.3, -0.25) is 9.59 Å². The molecule has 2 aliphatic heterocycles. The van der Waals surface area contributed by atoms with Crippen LogP contribution >= 0.6 is 0 Å². The van der Waals surface area contributed by atoms with Crippen LogP contribution in [-0.2, 0) is 9.59 Å². The number of hydrogen-bond donors (Lipinski definition) is 0. The number of carbonyl (C=O) groups is 2. The molecule has 3 rings (SSSR count). The fraction of sp³-hybridized carbons (Fsp3) is 0.857. The van der Waals surface area contributed by atoms with Gasteiger partial charge >= 0.3 is 0 Å². The van der Waals surface area contributed by atoms with Crippen molar-refractivity contribution in [1.29, 1.82) is 0 Å². The second-order valence-electron chi connectivity index (χ2n) is 5.82. The zero-order valence-corrected chi connectivity index (χ0v) is 10.9. The largest absolute Gasteiger partial charge is 0.337 e. The molecule has 2 amide bonds. The summed E-state index contributed by atoms with van der Waals surface area (Å²) in [5, 5.41) is 0. The summed E-state index contributed by atoms with van der Waals surface area (Å²) in [4.78, 5) is 28.6. The predicted molar refractivity (Wildman–Crippen MR) is 67.9 cm³/mol. The molecular formula is C14H22N2O2. The van der Waals surface area contributed by atoms with Crippen LogP contribution in [0.2, 0.25) is 0 Å². The highest BCUT2D eigenvalue weighted by Crippen LogP contribution is 2.29. The topological polar surface area (TPSA) is 40.6 Å². The summed E-state index contributed by atoms with van der Waals surface area (Å²) in [6.07, 6.45) is 8.26. The van der Waals surface area contributed by atoms with Gasteiger partial charge in [0, 0.05) is 25.6 Å². The van der Waals surface area contributed by atoms with E-state index in [-0.39, 0.29) is 17.9 Å². The molecule has 100 valence electrons. The van der Waals surface area contributed by atoms with Crippen LogP contribution in [0.15, 0.2) is 0 Å². The van der Waals surface area contributed by atoms with Gasteiger partial charge in [-0.15, -0.1) is 0 Å². The maximum Gasteiger partial charge on any atom is 0.245 e. The summed E-state index contributed by atoms with van der Waals surface area (Å²) in [5.74, 6) is 0.418. The van der Waals surface area contributed by atoms with Gasteiger partial charge in [-0.25, -0.2) is 0 Å². The average molecular weight is 250 g/mol. The summed E-state index contributed by atoms with van der Waals surface area (Å²) in [5.41, 5.74) is 0. The van der Waals surface area contributed by atoms with E-state index in [0.29, 0.717) is 19.0 Å². The lowest BCUT2D eigenvalue weighted by Gasteiger charge is -2.36. The summed E-state index contributed by atoms with van der Waals surface area (Å²) >= 11 is 0. The Balaban J connectivity index is 1.81. The van der Waals surface area contributed by atoms with E-state index < -0.39 is 0 Å². The molecule has 1 atom stereocenters. The minimum Gasteiger partial charge on any atom is -0.337 e. The number of piperidine rings is 1. The Morgan fingerprint density at radius 1 is 0.833 bits per heavy atom. The van der Waals surface area contributed by atoms with Crippen LogP contribution < -0.4 is 0 Å². The van der Waals surface area contributed by atoms with Crippen molar-refractivity contribution in [3.05, 3.63) is 0 Å². The Bertz CT molecular complexity index is 350. The summed E-state index contributed by atoms with van der Waals surface area (Å²) in [6.45, 7) is 1.43. The smallest absolute Gasteiger partial charge is 0.245 e.